The first-order valence-electron chi connectivity index (χ1n) is 6.92. The summed E-state index contributed by atoms with van der Waals surface area (Å²) in [5.41, 5.74) is 0.642. The van der Waals surface area contributed by atoms with E-state index in [9.17, 15) is 13.2 Å². The van der Waals surface area contributed by atoms with Crippen molar-refractivity contribution in [1.82, 2.24) is 4.72 Å². The summed E-state index contributed by atoms with van der Waals surface area (Å²) in [5.74, 6) is -0.611. The van der Waals surface area contributed by atoms with Crippen LogP contribution >= 0.6 is 0 Å². The zero-order chi connectivity index (χ0) is 15.5. The van der Waals surface area contributed by atoms with Gasteiger partial charge in [0.15, 0.2) is 0 Å². The molecule has 1 aromatic rings. The minimum absolute atomic E-state index is 0.0599. The van der Waals surface area contributed by atoms with E-state index in [1.165, 1.54) is 24.6 Å². The highest BCUT2D eigenvalue weighted by Gasteiger charge is 2.27. The summed E-state index contributed by atoms with van der Waals surface area (Å²) in [7, 11) is -3.52. The summed E-state index contributed by atoms with van der Waals surface area (Å²) in [6.45, 7) is 1.89. The van der Waals surface area contributed by atoms with E-state index in [0.29, 0.717) is 11.5 Å². The Morgan fingerprint density at radius 3 is 2.43 bits per heavy atom. The summed E-state index contributed by atoms with van der Waals surface area (Å²) in [6.07, 6.45) is 5.75. The minimum atomic E-state index is -3.52. The number of hydrogen-bond acceptors (Lipinski definition) is 3. The van der Waals surface area contributed by atoms with E-state index < -0.39 is 16.0 Å². The Morgan fingerprint density at radius 2 is 1.95 bits per heavy atom. The van der Waals surface area contributed by atoms with Gasteiger partial charge in [0.25, 0.3) is 0 Å². The molecule has 1 aliphatic rings. The van der Waals surface area contributed by atoms with Crippen LogP contribution in [0.3, 0.4) is 0 Å². The van der Waals surface area contributed by atoms with Gasteiger partial charge in [-0.05, 0) is 49.5 Å². The zero-order valence-corrected chi connectivity index (χ0v) is 12.6. The molecule has 0 amide bonds. The highest BCUT2D eigenvalue weighted by atomic mass is 32.2. The second kappa shape index (κ2) is 6.41. The molecule has 0 heterocycles. The third-order valence-electron chi connectivity index (χ3n) is 3.81. The average molecular weight is 309 g/mol. The van der Waals surface area contributed by atoms with Gasteiger partial charge in [0.1, 0.15) is 0 Å². The molecule has 1 unspecified atom stereocenters. The molecule has 21 heavy (non-hydrogen) atoms. The van der Waals surface area contributed by atoms with Gasteiger partial charge in [-0.25, -0.2) is 17.9 Å². The lowest BCUT2D eigenvalue weighted by atomic mass is 9.81. The van der Waals surface area contributed by atoms with E-state index in [1.807, 2.05) is 6.92 Å². The molecule has 0 aromatic heterocycles. The molecule has 1 aromatic carbocycles. The number of hydrogen-bond donors (Lipinski definition) is 2. The molecule has 0 spiro atoms. The Morgan fingerprint density at radius 1 is 1.33 bits per heavy atom. The van der Waals surface area contributed by atoms with Crippen molar-refractivity contribution in [3.05, 3.63) is 35.9 Å². The second-order valence-corrected chi connectivity index (χ2v) is 7.06. The van der Waals surface area contributed by atoms with Gasteiger partial charge >= 0.3 is 5.97 Å². The lowest BCUT2D eigenvalue weighted by Gasteiger charge is -2.31. The summed E-state index contributed by atoms with van der Waals surface area (Å²) >= 11 is 0. The van der Waals surface area contributed by atoms with Gasteiger partial charge in [0, 0.05) is 12.1 Å². The largest absolute Gasteiger partial charge is 0.478 e. The number of carboxylic acids is 1. The molecule has 1 saturated carbocycles. The highest BCUT2D eigenvalue weighted by molar-refractivity contribution is 7.89. The molecule has 1 aliphatic carbocycles. The monoisotopic (exact) mass is 309 g/mol. The smallest absolute Gasteiger partial charge is 0.328 e. The molecule has 0 radical (unpaired) electrons. The van der Waals surface area contributed by atoms with Crippen molar-refractivity contribution in [2.24, 2.45) is 5.92 Å². The average Bonchev–Trinajstić information content (AvgIpc) is 2.34. The Bertz CT molecular complexity index is 630. The molecular weight excluding hydrogens is 290 g/mol. The molecule has 114 valence electrons. The van der Waals surface area contributed by atoms with Crippen LogP contribution in [0.1, 0.15) is 31.7 Å². The van der Waals surface area contributed by atoms with Gasteiger partial charge in [-0.15, -0.1) is 0 Å². The first-order chi connectivity index (χ1) is 9.88. The number of carboxylic acid groups (broad SMARTS) is 1. The van der Waals surface area contributed by atoms with Crippen molar-refractivity contribution in [3.63, 3.8) is 0 Å². The van der Waals surface area contributed by atoms with Crippen LogP contribution in [-0.2, 0) is 14.8 Å². The van der Waals surface area contributed by atoms with E-state index in [0.717, 1.165) is 18.9 Å². The maximum absolute atomic E-state index is 12.2. The lowest BCUT2D eigenvalue weighted by Crippen LogP contribution is -2.40. The van der Waals surface area contributed by atoms with E-state index in [-0.39, 0.29) is 10.9 Å². The van der Waals surface area contributed by atoms with Crippen molar-refractivity contribution in [2.75, 3.05) is 0 Å². The predicted octanol–water partition coefficient (Wildman–Crippen LogP) is 2.25. The number of benzene rings is 1. The van der Waals surface area contributed by atoms with E-state index >= 15 is 0 Å². The quantitative estimate of drug-likeness (QED) is 0.789. The molecule has 0 aliphatic heterocycles. The Kier molecular flexibility index (Phi) is 4.80. The molecule has 2 rings (SSSR count). The second-order valence-electron chi connectivity index (χ2n) is 5.34. The molecule has 1 atom stereocenters. The predicted molar refractivity (Wildman–Crippen MR) is 80.2 cm³/mol. The Balaban J connectivity index is 2.07. The van der Waals surface area contributed by atoms with Gasteiger partial charge < -0.3 is 5.11 Å². The molecule has 5 nitrogen and oxygen atoms in total. The molecular formula is C15H19NO4S. The van der Waals surface area contributed by atoms with Crippen molar-refractivity contribution < 1.29 is 18.3 Å². The van der Waals surface area contributed by atoms with Crippen molar-refractivity contribution >= 4 is 22.1 Å². The van der Waals surface area contributed by atoms with Gasteiger partial charge in [-0.1, -0.05) is 18.6 Å². The molecule has 1 fully saturated rings. The van der Waals surface area contributed by atoms with Crippen LogP contribution < -0.4 is 4.72 Å². The number of sulfonamides is 1. The van der Waals surface area contributed by atoms with E-state index in [2.05, 4.69) is 4.72 Å². The van der Waals surface area contributed by atoms with Crippen molar-refractivity contribution in [2.45, 2.75) is 37.1 Å². The summed E-state index contributed by atoms with van der Waals surface area (Å²) in [6, 6.07) is 6.08. The lowest BCUT2D eigenvalue weighted by molar-refractivity contribution is -0.131. The Labute approximate surface area is 124 Å². The molecule has 0 bridgehead atoms. The first kappa shape index (κ1) is 15.7. The van der Waals surface area contributed by atoms with Crippen LogP contribution in [0.15, 0.2) is 35.2 Å². The fourth-order valence-electron chi connectivity index (χ4n) is 2.27. The van der Waals surface area contributed by atoms with Crippen molar-refractivity contribution in [1.29, 1.82) is 0 Å². The summed E-state index contributed by atoms with van der Waals surface area (Å²) in [4.78, 5) is 10.6. The fourth-order valence-corrected chi connectivity index (χ4v) is 3.59. The van der Waals surface area contributed by atoms with E-state index in [1.54, 1.807) is 12.1 Å². The summed E-state index contributed by atoms with van der Waals surface area (Å²) < 4.78 is 27.2. The maximum Gasteiger partial charge on any atom is 0.328 e. The minimum Gasteiger partial charge on any atom is -0.478 e. The standard InChI is InChI=1S/C15H19NO4S/c1-11(13-3-2-4-13)16-21(19,20)14-8-5-12(6-9-14)7-10-15(17)18/h5-11,13,16H,2-4H2,1H3,(H,17,18)/b10-7+. The van der Waals surface area contributed by atoms with Crippen LogP contribution in [0.2, 0.25) is 0 Å². The first-order valence-corrected chi connectivity index (χ1v) is 8.40. The van der Waals surface area contributed by atoms with E-state index in [4.69, 9.17) is 5.11 Å². The number of carbonyl (C=O) groups is 1. The Hall–Kier alpha value is -1.66. The third-order valence-corrected chi connectivity index (χ3v) is 5.38. The van der Waals surface area contributed by atoms with Gasteiger partial charge in [0.2, 0.25) is 10.0 Å². The molecule has 6 heteroatoms. The van der Waals surface area contributed by atoms with Gasteiger partial charge in [0.05, 0.1) is 4.90 Å². The van der Waals surface area contributed by atoms with Crippen LogP contribution in [0.5, 0.6) is 0 Å². The SMILES string of the molecule is CC(NS(=O)(=O)c1ccc(/C=C/C(=O)O)cc1)C1CCC1. The van der Waals surface area contributed by atoms with Crippen LogP contribution in [-0.4, -0.2) is 25.5 Å². The highest BCUT2D eigenvalue weighted by Crippen LogP contribution is 2.30. The van der Waals surface area contributed by atoms with Crippen molar-refractivity contribution in [3.8, 4) is 0 Å². The normalized spacial score (nSPS) is 17.6. The fraction of sp³-hybridized carbons (Fsp3) is 0.400. The zero-order valence-electron chi connectivity index (χ0n) is 11.8. The molecule has 2 N–H and O–H groups in total. The maximum atomic E-state index is 12.2. The molecule has 0 saturated heterocycles. The topological polar surface area (TPSA) is 83.5 Å². The van der Waals surface area contributed by atoms with Crippen LogP contribution in [0.4, 0.5) is 0 Å². The van der Waals surface area contributed by atoms with Crippen LogP contribution in [0.25, 0.3) is 6.08 Å². The number of aliphatic carboxylic acids is 1. The third kappa shape index (κ3) is 4.15. The number of nitrogens with one attached hydrogen (secondary N) is 1. The number of rotatable bonds is 6. The van der Waals surface area contributed by atoms with Crippen LogP contribution in [0, 0.1) is 5.92 Å². The summed E-state index contributed by atoms with van der Waals surface area (Å²) in [5, 5.41) is 8.55. The van der Waals surface area contributed by atoms with Gasteiger partial charge in [-0.2, -0.15) is 0 Å². The van der Waals surface area contributed by atoms with Gasteiger partial charge in [-0.3, -0.25) is 0 Å².